The largest absolute Gasteiger partial charge is 0.374 e. The predicted molar refractivity (Wildman–Crippen MR) is 70.8 cm³/mol. The molecule has 0 amide bonds. The molecule has 19 heavy (non-hydrogen) atoms. The Morgan fingerprint density at radius 2 is 2.37 bits per heavy atom. The van der Waals surface area contributed by atoms with Crippen LogP contribution >= 0.6 is 0 Å². The second-order valence-corrected chi connectivity index (χ2v) is 6.46. The van der Waals surface area contributed by atoms with E-state index in [-0.39, 0.29) is 17.3 Å². The Morgan fingerprint density at radius 3 is 3.00 bits per heavy atom. The summed E-state index contributed by atoms with van der Waals surface area (Å²) in [7, 11) is -3.66. The van der Waals surface area contributed by atoms with Gasteiger partial charge in [-0.3, -0.25) is 0 Å². The number of ether oxygens (including phenoxy) is 1. The van der Waals surface area contributed by atoms with Crippen molar-refractivity contribution < 1.29 is 13.2 Å². The Hall–Kier alpha value is -1.22. The molecule has 0 aromatic carbocycles. The summed E-state index contributed by atoms with van der Waals surface area (Å²) < 4.78 is 32.5. The number of nitrogens with two attached hydrogens (primary N) is 1. The average Bonchev–Trinajstić information content (AvgIpc) is 2.84. The molecule has 0 spiro atoms. The van der Waals surface area contributed by atoms with Gasteiger partial charge in [0.15, 0.2) is 5.82 Å². The van der Waals surface area contributed by atoms with Gasteiger partial charge in [0.25, 0.3) is 0 Å². The van der Waals surface area contributed by atoms with Crippen molar-refractivity contribution >= 4 is 15.8 Å². The number of rotatable bonds is 5. The molecule has 0 bridgehead atoms. The van der Waals surface area contributed by atoms with Gasteiger partial charge in [-0.25, -0.2) is 24.0 Å². The number of nitrogens with one attached hydrogen (secondary N) is 2. The van der Waals surface area contributed by atoms with Gasteiger partial charge in [-0.15, -0.1) is 0 Å². The maximum Gasteiger partial charge on any atom is 0.244 e. The standard InChI is InChI=1S/C11H18N4O3S/c1-11(5-3-7-18-11)8-14-19(16,17)9-4-2-6-13-10(9)15-12/h2,4,6,14H,3,5,7-8,12H2,1H3,(H,13,15). The average molecular weight is 286 g/mol. The van der Waals surface area contributed by atoms with Crippen molar-refractivity contribution in [3.05, 3.63) is 18.3 Å². The first-order chi connectivity index (χ1) is 8.97. The maximum atomic E-state index is 12.2. The summed E-state index contributed by atoms with van der Waals surface area (Å²) in [6.45, 7) is 2.79. The number of hydrogen-bond donors (Lipinski definition) is 3. The third-order valence-corrected chi connectivity index (χ3v) is 4.57. The highest BCUT2D eigenvalue weighted by molar-refractivity contribution is 7.89. The molecule has 7 nitrogen and oxygen atoms in total. The van der Waals surface area contributed by atoms with E-state index in [2.05, 4.69) is 15.1 Å². The molecule has 1 unspecified atom stereocenters. The van der Waals surface area contributed by atoms with Gasteiger partial charge >= 0.3 is 0 Å². The first kappa shape index (κ1) is 14.2. The van der Waals surface area contributed by atoms with Crippen LogP contribution in [0.25, 0.3) is 0 Å². The summed E-state index contributed by atoms with van der Waals surface area (Å²) in [6.07, 6.45) is 3.25. The minimum Gasteiger partial charge on any atom is -0.374 e. The monoisotopic (exact) mass is 286 g/mol. The highest BCUT2D eigenvalue weighted by Gasteiger charge is 2.32. The summed E-state index contributed by atoms with van der Waals surface area (Å²) in [5, 5.41) is 0. The van der Waals surface area contributed by atoms with Gasteiger partial charge in [-0.1, -0.05) is 0 Å². The number of anilines is 1. The molecular weight excluding hydrogens is 268 g/mol. The van der Waals surface area contributed by atoms with Crippen molar-refractivity contribution in [1.82, 2.24) is 9.71 Å². The molecule has 0 radical (unpaired) electrons. The van der Waals surface area contributed by atoms with Crippen molar-refractivity contribution in [2.24, 2.45) is 5.84 Å². The van der Waals surface area contributed by atoms with E-state index in [0.717, 1.165) is 12.8 Å². The van der Waals surface area contributed by atoms with Gasteiger partial charge in [-0.05, 0) is 31.9 Å². The van der Waals surface area contributed by atoms with Crippen LogP contribution in [-0.4, -0.2) is 32.2 Å². The zero-order valence-corrected chi connectivity index (χ0v) is 11.5. The first-order valence-electron chi connectivity index (χ1n) is 6.02. The molecule has 8 heteroatoms. The summed E-state index contributed by atoms with van der Waals surface area (Å²) in [5.41, 5.74) is 1.84. The molecule has 1 fully saturated rings. The second kappa shape index (κ2) is 5.41. The fourth-order valence-corrected chi connectivity index (χ4v) is 3.29. The van der Waals surface area contributed by atoms with Crippen molar-refractivity contribution in [2.45, 2.75) is 30.3 Å². The molecule has 0 saturated carbocycles. The third kappa shape index (κ3) is 3.21. The lowest BCUT2D eigenvalue weighted by Gasteiger charge is -2.23. The van der Waals surface area contributed by atoms with Crippen LogP contribution < -0.4 is 16.0 Å². The number of pyridine rings is 1. The van der Waals surface area contributed by atoms with Crippen LogP contribution in [-0.2, 0) is 14.8 Å². The van der Waals surface area contributed by atoms with Crippen molar-refractivity contribution in [3.63, 3.8) is 0 Å². The van der Waals surface area contributed by atoms with Crippen molar-refractivity contribution in [2.75, 3.05) is 18.6 Å². The molecule has 1 aromatic heterocycles. The summed E-state index contributed by atoms with van der Waals surface area (Å²) in [4.78, 5) is 3.90. The second-order valence-electron chi connectivity index (χ2n) is 4.72. The Kier molecular flexibility index (Phi) is 4.04. The van der Waals surface area contributed by atoms with Crippen LogP contribution in [0, 0.1) is 0 Å². The minimum atomic E-state index is -3.66. The van der Waals surface area contributed by atoms with E-state index in [1.165, 1.54) is 12.3 Å². The molecule has 4 N–H and O–H groups in total. The Labute approximate surface area is 112 Å². The zero-order chi connectivity index (χ0) is 13.9. The lowest BCUT2D eigenvalue weighted by atomic mass is 10.0. The van der Waals surface area contributed by atoms with Gasteiger partial charge in [0.2, 0.25) is 10.0 Å². The van der Waals surface area contributed by atoms with Gasteiger partial charge in [0.1, 0.15) is 4.90 Å². The zero-order valence-electron chi connectivity index (χ0n) is 10.7. The van der Waals surface area contributed by atoms with Crippen LogP contribution in [0.4, 0.5) is 5.82 Å². The smallest absolute Gasteiger partial charge is 0.244 e. The Balaban J connectivity index is 2.14. The molecule has 1 saturated heterocycles. The molecule has 1 aliphatic rings. The van der Waals surface area contributed by atoms with Gasteiger partial charge in [0.05, 0.1) is 5.60 Å². The van der Waals surface area contributed by atoms with E-state index in [1.54, 1.807) is 6.07 Å². The molecule has 1 atom stereocenters. The number of hydrazine groups is 1. The Bertz CT molecular complexity index is 541. The summed E-state index contributed by atoms with van der Waals surface area (Å²) >= 11 is 0. The van der Waals surface area contributed by atoms with E-state index in [9.17, 15) is 8.42 Å². The third-order valence-electron chi connectivity index (χ3n) is 3.13. The van der Waals surface area contributed by atoms with Crippen LogP contribution in [0.3, 0.4) is 0 Å². The Morgan fingerprint density at radius 1 is 1.58 bits per heavy atom. The number of hydrogen-bond acceptors (Lipinski definition) is 6. The SMILES string of the molecule is CC1(CNS(=O)(=O)c2cccnc2NN)CCCO1. The van der Waals surface area contributed by atoms with Crippen LogP contribution in [0.1, 0.15) is 19.8 Å². The van der Waals surface area contributed by atoms with Crippen LogP contribution in [0.15, 0.2) is 23.2 Å². The van der Waals surface area contributed by atoms with E-state index < -0.39 is 15.6 Å². The van der Waals surface area contributed by atoms with E-state index in [0.29, 0.717) is 6.61 Å². The predicted octanol–water partition coefficient (Wildman–Crippen LogP) is 0.215. The fraction of sp³-hybridized carbons (Fsp3) is 0.545. The number of aromatic nitrogens is 1. The molecule has 2 rings (SSSR count). The van der Waals surface area contributed by atoms with Crippen LogP contribution in [0.5, 0.6) is 0 Å². The van der Waals surface area contributed by atoms with E-state index >= 15 is 0 Å². The highest BCUT2D eigenvalue weighted by atomic mass is 32.2. The number of nitrogens with zero attached hydrogens (tertiary/aromatic N) is 1. The quantitative estimate of drug-likeness (QED) is 0.528. The van der Waals surface area contributed by atoms with E-state index in [1.807, 2.05) is 6.92 Å². The molecule has 1 aromatic rings. The summed E-state index contributed by atoms with van der Waals surface area (Å²) in [5.74, 6) is 5.38. The summed E-state index contributed by atoms with van der Waals surface area (Å²) in [6, 6.07) is 2.99. The van der Waals surface area contributed by atoms with Crippen molar-refractivity contribution in [1.29, 1.82) is 0 Å². The lowest BCUT2D eigenvalue weighted by molar-refractivity contribution is 0.0250. The topological polar surface area (TPSA) is 106 Å². The lowest BCUT2D eigenvalue weighted by Crippen LogP contribution is -2.40. The number of nitrogen functional groups attached to an aromatic ring is 1. The molecular formula is C11H18N4O3S. The molecule has 2 heterocycles. The number of sulfonamides is 1. The highest BCUT2D eigenvalue weighted by Crippen LogP contribution is 2.25. The first-order valence-corrected chi connectivity index (χ1v) is 7.50. The van der Waals surface area contributed by atoms with Gasteiger partial charge in [-0.2, -0.15) is 0 Å². The van der Waals surface area contributed by atoms with E-state index in [4.69, 9.17) is 10.6 Å². The molecule has 0 aliphatic carbocycles. The molecule has 106 valence electrons. The minimum absolute atomic E-state index is 0.0269. The fourth-order valence-electron chi connectivity index (χ4n) is 2.02. The van der Waals surface area contributed by atoms with Crippen molar-refractivity contribution in [3.8, 4) is 0 Å². The molecule has 1 aliphatic heterocycles. The van der Waals surface area contributed by atoms with Crippen LogP contribution in [0.2, 0.25) is 0 Å². The maximum absolute atomic E-state index is 12.2. The van der Waals surface area contributed by atoms with Gasteiger partial charge < -0.3 is 10.2 Å². The van der Waals surface area contributed by atoms with Gasteiger partial charge in [0, 0.05) is 19.3 Å². The normalized spacial score (nSPS) is 23.5.